The lowest BCUT2D eigenvalue weighted by Crippen LogP contribution is -2.29. The number of halogens is 6. The van der Waals surface area contributed by atoms with Gasteiger partial charge in [-0.25, -0.2) is 42.5 Å². The van der Waals surface area contributed by atoms with Gasteiger partial charge in [-0.1, -0.05) is 114 Å². The fraction of sp³-hybridized carbons (Fsp3) is 0.0926. The van der Waals surface area contributed by atoms with Crippen molar-refractivity contribution in [3.8, 4) is 124 Å². The van der Waals surface area contributed by atoms with Crippen LogP contribution in [0.5, 0.6) is 11.8 Å². The summed E-state index contributed by atoms with van der Waals surface area (Å²) in [6, 6.07) is 84.2. The number of anilines is 5. The molecule has 0 saturated carbocycles. The van der Waals surface area contributed by atoms with Gasteiger partial charge in [0.25, 0.3) is 0 Å². The van der Waals surface area contributed by atoms with Crippen molar-refractivity contribution in [1.82, 2.24) is 44.9 Å². The molecule has 0 atom stereocenters. The van der Waals surface area contributed by atoms with Crippen molar-refractivity contribution in [2.75, 3.05) is 67.4 Å². The van der Waals surface area contributed by atoms with Gasteiger partial charge in [0.05, 0.1) is 58.6 Å². The van der Waals surface area contributed by atoms with Crippen molar-refractivity contribution < 1.29 is 27.0 Å². The van der Waals surface area contributed by atoms with Crippen LogP contribution in [0.2, 0.25) is 10.0 Å². The van der Waals surface area contributed by atoms with Crippen molar-refractivity contribution in [2.45, 2.75) is 27.3 Å². The first-order valence-electron chi connectivity index (χ1n) is 42.2. The van der Waals surface area contributed by atoms with Crippen LogP contribution in [0.4, 0.5) is 46.4 Å². The molecule has 0 radical (unpaired) electrons. The molecule has 9 aromatic heterocycles. The number of hydrogen-bond acceptors (Lipinski definition) is 17. The molecule has 3 aliphatic heterocycles. The van der Waals surface area contributed by atoms with Crippen LogP contribution >= 0.6 is 23.2 Å². The topological polar surface area (TPSA) is 231 Å². The molecule has 0 bridgehead atoms. The minimum Gasteiger partial charge on any atom is -0.474 e. The fourth-order valence-electron chi connectivity index (χ4n) is 16.3. The third-order valence-corrected chi connectivity index (χ3v) is 23.8. The molecule has 17 nitrogen and oxygen atoms in total. The van der Waals surface area contributed by atoms with Crippen LogP contribution < -0.4 is 36.5 Å². The molecule has 644 valence electrons. The number of rotatable bonds is 10. The first kappa shape index (κ1) is 85.9. The van der Waals surface area contributed by atoms with Crippen molar-refractivity contribution in [2.24, 2.45) is 4.99 Å². The lowest BCUT2D eigenvalue weighted by molar-refractivity contribution is 0.299. The van der Waals surface area contributed by atoms with Gasteiger partial charge in [0, 0.05) is 146 Å². The third kappa shape index (κ3) is 18.4. The molecule has 3 aliphatic rings. The Labute approximate surface area is 763 Å². The Hall–Kier alpha value is -15.8. The summed E-state index contributed by atoms with van der Waals surface area (Å²) in [4.78, 5) is 48.8. The first-order valence-corrected chi connectivity index (χ1v) is 43.0. The summed E-state index contributed by atoms with van der Waals surface area (Å²) in [6.07, 6.45) is 14.1. The average Bonchev–Trinajstić information content (AvgIpc) is 1.47. The Morgan fingerprint density at radius 2 is 0.725 bits per heavy atom. The molecule has 10 aromatic carbocycles. The van der Waals surface area contributed by atoms with Crippen LogP contribution in [-0.4, -0.2) is 91.5 Å². The van der Waals surface area contributed by atoms with Crippen LogP contribution in [0.3, 0.4) is 0 Å². The number of nitrogen functional groups attached to an aromatic ring is 3. The third-order valence-electron chi connectivity index (χ3n) is 23.3. The first-order chi connectivity index (χ1) is 63.7. The van der Waals surface area contributed by atoms with Gasteiger partial charge < -0.3 is 36.5 Å². The number of nitrogens with two attached hydrogens (primary N) is 3. The van der Waals surface area contributed by atoms with Gasteiger partial charge in [0.1, 0.15) is 65.3 Å². The predicted molar refractivity (Wildman–Crippen MR) is 523 cm³/mol. The number of fused-ring (bicyclic) bond motifs is 7. The quantitative estimate of drug-likeness (QED) is 0.108. The molecule has 131 heavy (non-hydrogen) atoms. The molecular weight excluding hydrogens is 1690 g/mol. The highest BCUT2D eigenvalue weighted by Gasteiger charge is 2.26. The van der Waals surface area contributed by atoms with Crippen LogP contribution in [0.1, 0.15) is 27.8 Å². The second kappa shape index (κ2) is 37.6. The largest absolute Gasteiger partial charge is 0.474 e. The smallest absolute Gasteiger partial charge is 0.238 e. The number of likely N-dealkylation sites (N-methyl/N-ethyl adjacent to an activating group) is 2. The molecule has 0 saturated heterocycles. The molecular formula is C108H83Cl2F4N15O2. The van der Waals surface area contributed by atoms with Crippen LogP contribution in [0.15, 0.2) is 315 Å². The summed E-state index contributed by atoms with van der Waals surface area (Å²) in [5.74, 6) is 1.64. The van der Waals surface area contributed by atoms with Crippen LogP contribution in [-0.2, 0) is 6.54 Å². The molecule has 0 amide bonds. The maximum Gasteiger partial charge on any atom is 0.238 e. The molecule has 23 heteroatoms. The van der Waals surface area contributed by atoms with E-state index in [1.807, 2.05) is 160 Å². The predicted octanol–water partition coefficient (Wildman–Crippen LogP) is 25.4. The van der Waals surface area contributed by atoms with Crippen LogP contribution in [0, 0.1) is 44.0 Å². The van der Waals surface area contributed by atoms with Crippen molar-refractivity contribution in [1.29, 1.82) is 0 Å². The van der Waals surface area contributed by atoms with E-state index in [0.717, 1.165) is 192 Å². The molecule has 0 aliphatic carbocycles. The minimum atomic E-state index is -0.451. The van der Waals surface area contributed by atoms with Gasteiger partial charge >= 0.3 is 0 Å². The number of aryl methyl sites for hydroxylation is 3. The molecule has 0 spiro atoms. The van der Waals surface area contributed by atoms with E-state index in [0.29, 0.717) is 64.1 Å². The van der Waals surface area contributed by atoms with Crippen LogP contribution in [0.25, 0.3) is 155 Å². The van der Waals surface area contributed by atoms with Gasteiger partial charge in [-0.2, -0.15) is 0 Å². The zero-order valence-corrected chi connectivity index (χ0v) is 73.3. The summed E-state index contributed by atoms with van der Waals surface area (Å²) in [6.45, 7) is 8.86. The molecule has 6 N–H and O–H groups in total. The number of pyridine rings is 9. The summed E-state index contributed by atoms with van der Waals surface area (Å²) >= 11 is 12.1. The monoisotopic (exact) mass is 1770 g/mol. The second-order valence-electron chi connectivity index (χ2n) is 31.9. The van der Waals surface area contributed by atoms with Gasteiger partial charge in [0.2, 0.25) is 11.8 Å². The molecule has 12 heterocycles. The highest BCUT2D eigenvalue weighted by molar-refractivity contribution is 6.31. The maximum atomic E-state index is 13.9. The fourth-order valence-corrected chi connectivity index (χ4v) is 16.6. The summed E-state index contributed by atoms with van der Waals surface area (Å²) in [5.41, 5.74) is 43.5. The number of aliphatic imine (C=N–C) groups is 1. The van der Waals surface area contributed by atoms with Crippen molar-refractivity contribution in [3.05, 3.63) is 371 Å². The molecule has 0 unspecified atom stereocenters. The number of aromatic nitrogens is 9. The molecule has 22 rings (SSSR count). The van der Waals surface area contributed by atoms with E-state index in [1.54, 1.807) is 94.5 Å². The summed E-state index contributed by atoms with van der Waals surface area (Å²) in [5, 5.41) is 7.68. The van der Waals surface area contributed by atoms with E-state index in [-0.39, 0.29) is 22.5 Å². The maximum absolute atomic E-state index is 13.9. The zero-order valence-electron chi connectivity index (χ0n) is 71.7. The van der Waals surface area contributed by atoms with Gasteiger partial charge in [-0.15, -0.1) is 0 Å². The van der Waals surface area contributed by atoms with E-state index in [9.17, 15) is 17.6 Å². The minimum absolute atomic E-state index is 0.0704. The standard InChI is InChI=1S/C24H20FN3O.C23H20FN3O.C21H16FN3.C20H13ClFN3.C20H14ClN3/c1-15-12-18(5-7-20(15)25)23-19(14-22-24(27-23)29-11-10-28(22)2)16-6-8-21-17(13-16)4-3-9-26-21;1-14-9-16(5-6-20(14)24)22-19(11-21-23(26-22)28-8-7-27(21)2)15-3-4-17-12-25-13-18(17)10-15;1-13-11-16(6-7-19(13)22)20-17(3-2-9-24-20)15-5-4-14-8-10-25-21(23)18(14)12-15;21-17-11-14(5-6-18(17)22)19-15(2-1-8-24-19)13-4-3-12-7-9-25-20(23)16(12)10-13;21-16-4-1-3-15(11-16)19-17(5-2-9-23-19)14-7-6-13-8-10-24-20(22)18(13)12-14/h3-9,12-14H,10-11H2,1-2H3;3-6,9-11,13H,7-8,12H2,1-2H3;2-12H,1H3,(H2,23,25);1-11H,(H2,23,25);1-12H,(H2,22,24). The van der Waals surface area contributed by atoms with Gasteiger partial charge in [-0.3, -0.25) is 24.9 Å². The number of hydrogen-bond donors (Lipinski definition) is 3. The number of ether oxygens (including phenoxy) is 2. The van der Waals surface area contributed by atoms with Crippen molar-refractivity contribution in [3.63, 3.8) is 0 Å². The number of nitrogens with zero attached hydrogens (tertiary/aromatic N) is 12. The molecule has 19 aromatic rings. The molecule has 0 fully saturated rings. The van der Waals surface area contributed by atoms with E-state index in [4.69, 9.17) is 59.8 Å². The highest BCUT2D eigenvalue weighted by Crippen LogP contribution is 2.45. The summed E-state index contributed by atoms with van der Waals surface area (Å²) < 4.78 is 66.5. The lowest BCUT2D eigenvalue weighted by atomic mass is 9.95. The van der Waals surface area contributed by atoms with E-state index in [2.05, 4.69) is 122 Å². The average molecular weight is 1770 g/mol. The normalized spacial score (nSPS) is 12.2. The Kier molecular flexibility index (Phi) is 24.7. The summed E-state index contributed by atoms with van der Waals surface area (Å²) in [7, 11) is 4.09. The van der Waals surface area contributed by atoms with Gasteiger partial charge in [0.15, 0.2) is 0 Å². The Morgan fingerprint density at radius 3 is 1.18 bits per heavy atom. The Morgan fingerprint density at radius 1 is 0.328 bits per heavy atom. The van der Waals surface area contributed by atoms with E-state index >= 15 is 0 Å². The van der Waals surface area contributed by atoms with Crippen molar-refractivity contribution >= 4 is 101 Å². The number of benzene rings is 10. The Bertz CT molecular complexity index is 7500. The lowest BCUT2D eigenvalue weighted by Gasteiger charge is -2.28. The highest BCUT2D eigenvalue weighted by atomic mass is 35.5. The van der Waals surface area contributed by atoms with E-state index < -0.39 is 5.82 Å². The SMILES string of the molecule is Cc1cc(-c2nc3c(cc2-c2ccc4c(c2)C=NC4)N(C)CCO3)ccc1F.Cc1cc(-c2nc3c(cc2-c2ccc4ncccc4c2)N(C)CCO3)ccc1F.Cc1cc(-c2ncccc2-c2ccc3ccnc(N)c3c2)ccc1F.Nc1nccc2ccc(-c3cccnc3-c3ccc(F)c(Cl)c3)cc12.Nc1nccc2ccc(-c3cccnc3-c3cccc(Cl)c3)cc12. The second-order valence-corrected chi connectivity index (χ2v) is 32.7. The Balaban J connectivity index is 0.000000110. The van der Waals surface area contributed by atoms with Gasteiger partial charge in [-0.05, 0) is 268 Å². The van der Waals surface area contributed by atoms with E-state index in [1.165, 1.54) is 29.8 Å². The zero-order chi connectivity index (χ0) is 90.5.